The lowest BCUT2D eigenvalue weighted by molar-refractivity contribution is 0.00511. The first-order valence-electron chi connectivity index (χ1n) is 22.1. The number of aromatic carboxylic acids is 1. The van der Waals surface area contributed by atoms with E-state index < -0.39 is 5.97 Å². The molecule has 4 aliphatic heterocycles. The molecule has 2 aromatic heterocycles. The highest BCUT2D eigenvalue weighted by Gasteiger charge is 2.34. The summed E-state index contributed by atoms with van der Waals surface area (Å²) in [6, 6.07) is 27.5. The van der Waals surface area contributed by atoms with E-state index in [2.05, 4.69) is 45.4 Å². The zero-order valence-electron chi connectivity index (χ0n) is 38.1. The normalized spacial score (nSPS) is 15.7. The molecule has 4 aliphatic rings. The molecule has 0 unspecified atom stereocenters. The van der Waals surface area contributed by atoms with Gasteiger partial charge in [-0.25, -0.2) is 14.8 Å². The van der Waals surface area contributed by atoms with Crippen LogP contribution in [-0.2, 0) is 9.47 Å². The lowest BCUT2D eigenvalue weighted by Gasteiger charge is -2.40. The Bertz CT molecular complexity index is 2820. The van der Waals surface area contributed by atoms with Crippen molar-refractivity contribution in [2.75, 3.05) is 52.6 Å². The third-order valence-electron chi connectivity index (χ3n) is 12.9. The van der Waals surface area contributed by atoms with Gasteiger partial charge in [0.25, 0.3) is 5.91 Å². The van der Waals surface area contributed by atoms with E-state index in [1.807, 2.05) is 100 Å². The molecule has 1 amide bonds. The van der Waals surface area contributed by atoms with Crippen molar-refractivity contribution in [1.82, 2.24) is 30.2 Å². The van der Waals surface area contributed by atoms with Crippen molar-refractivity contribution in [2.24, 2.45) is 0 Å². The molecule has 340 valence electrons. The van der Waals surface area contributed by atoms with Crippen LogP contribution in [0.15, 0.2) is 72.8 Å². The van der Waals surface area contributed by atoms with Gasteiger partial charge in [0.1, 0.15) is 11.6 Å². The molecule has 13 nitrogen and oxygen atoms in total. The number of carboxylic acid groups (broad SMARTS) is 1. The quantitative estimate of drug-likeness (QED) is 0.115. The van der Waals surface area contributed by atoms with Crippen LogP contribution in [0, 0.1) is 64.2 Å². The first-order chi connectivity index (χ1) is 31.3. The molecule has 66 heavy (non-hydrogen) atoms. The number of carbonyl (C=O) groups is 2. The Morgan fingerprint density at radius 3 is 1.42 bits per heavy atom. The number of benzene rings is 4. The summed E-state index contributed by atoms with van der Waals surface area (Å²) in [5, 5.41) is 30.1. The third-order valence-corrected chi connectivity index (χ3v) is 12.9. The van der Waals surface area contributed by atoms with Gasteiger partial charge in [-0.05, 0) is 111 Å². The Hall–Kier alpha value is -6.61. The fraction of sp³-hybridized carbons (Fsp3) is 0.346. The maximum Gasteiger partial charge on any atom is 0.335 e. The summed E-state index contributed by atoms with van der Waals surface area (Å²) in [5.41, 5.74) is 14.5. The van der Waals surface area contributed by atoms with Crippen LogP contribution in [0.2, 0.25) is 0 Å². The number of likely N-dealkylation sites (tertiary alicyclic amines) is 1. The van der Waals surface area contributed by atoms with E-state index in [0.717, 1.165) is 92.0 Å². The van der Waals surface area contributed by atoms with Crippen LogP contribution in [0.5, 0.6) is 0 Å². The number of nitriles is 2. The zero-order chi connectivity index (χ0) is 45.9. The van der Waals surface area contributed by atoms with Crippen LogP contribution in [0.4, 0.5) is 0 Å². The van der Waals surface area contributed by atoms with Crippen molar-refractivity contribution in [3.05, 3.63) is 151 Å². The summed E-state index contributed by atoms with van der Waals surface area (Å²) in [5.74, 6) is 2.67. The maximum absolute atomic E-state index is 13.3. The van der Waals surface area contributed by atoms with Gasteiger partial charge in [0, 0.05) is 66.1 Å². The molecule has 14 heteroatoms. The fourth-order valence-corrected chi connectivity index (χ4v) is 8.55. The number of hydrogen-bond donors (Lipinski definition) is 4. The minimum Gasteiger partial charge on any atom is -0.478 e. The molecule has 0 spiro atoms. The predicted molar refractivity (Wildman–Crippen MR) is 254 cm³/mol. The first kappa shape index (κ1) is 47.4. The van der Waals surface area contributed by atoms with Gasteiger partial charge < -0.3 is 34.8 Å². The van der Waals surface area contributed by atoms with E-state index in [1.165, 1.54) is 11.1 Å². The van der Waals surface area contributed by atoms with Crippen LogP contribution in [0.3, 0.4) is 0 Å². The van der Waals surface area contributed by atoms with Gasteiger partial charge >= 0.3 is 5.97 Å². The van der Waals surface area contributed by atoms with E-state index in [-0.39, 0.29) is 18.3 Å². The van der Waals surface area contributed by atoms with Crippen molar-refractivity contribution in [1.29, 1.82) is 10.5 Å². The Balaban J connectivity index is 0.000000163. The van der Waals surface area contributed by atoms with E-state index in [9.17, 15) is 14.7 Å². The summed E-state index contributed by atoms with van der Waals surface area (Å²) in [4.78, 5) is 42.8. The number of carboxylic acids is 1. The molecule has 4 saturated heterocycles. The Morgan fingerprint density at radius 1 is 0.621 bits per heavy atom. The van der Waals surface area contributed by atoms with Crippen molar-refractivity contribution < 1.29 is 24.2 Å². The number of nitrogens with one attached hydrogen (secondary N) is 3. The lowest BCUT2D eigenvalue weighted by atomic mass is 9.89. The first-order valence-corrected chi connectivity index (χ1v) is 22.1. The number of amides is 1. The number of nitrogens with zero attached hydrogens (tertiary/aromatic N) is 5. The number of ether oxygens (including phenoxy) is 2. The molecule has 6 heterocycles. The molecule has 4 aromatic carbocycles. The minimum atomic E-state index is -0.908. The number of carbonyl (C=O) groups excluding carboxylic acids is 1. The second-order valence-corrected chi connectivity index (χ2v) is 17.7. The smallest absolute Gasteiger partial charge is 0.335 e. The van der Waals surface area contributed by atoms with Gasteiger partial charge in [-0.15, -0.1) is 12.4 Å². The van der Waals surface area contributed by atoms with Gasteiger partial charge in [0.15, 0.2) is 0 Å². The van der Waals surface area contributed by atoms with Crippen LogP contribution in [0.1, 0.15) is 112 Å². The predicted octanol–water partition coefficient (Wildman–Crippen LogP) is 8.71. The highest BCUT2D eigenvalue weighted by molar-refractivity contribution is 5.98. The number of hydrogen-bond acceptors (Lipinski definition) is 9. The zero-order valence-corrected chi connectivity index (χ0v) is 38.9. The topological polar surface area (TPSA) is 193 Å². The highest BCUT2D eigenvalue weighted by Crippen LogP contribution is 2.35. The summed E-state index contributed by atoms with van der Waals surface area (Å²) < 4.78 is 10.5. The molecule has 0 saturated carbocycles. The molecule has 0 radical (unpaired) electrons. The molecule has 0 aliphatic carbocycles. The van der Waals surface area contributed by atoms with Crippen LogP contribution < -0.4 is 5.32 Å². The molecular formula is C52H55ClN8O5. The number of halogens is 1. The summed E-state index contributed by atoms with van der Waals surface area (Å²) in [6.07, 6.45) is 0. The number of imidazole rings is 2. The number of aromatic amines is 2. The van der Waals surface area contributed by atoms with Crippen molar-refractivity contribution in [2.45, 2.75) is 65.2 Å². The van der Waals surface area contributed by atoms with Crippen molar-refractivity contribution >= 4 is 24.3 Å². The molecule has 6 aromatic rings. The number of rotatable bonds is 8. The van der Waals surface area contributed by atoms with E-state index >= 15 is 0 Å². The van der Waals surface area contributed by atoms with E-state index in [1.54, 1.807) is 6.07 Å². The maximum atomic E-state index is 13.3. The summed E-state index contributed by atoms with van der Waals surface area (Å²) in [6.45, 7) is 18.2. The standard InChI is InChI=1S/C26H26N4O2.C16H18N2O3.C10H10N2.ClH/c1-15-8-16(2)23(9-22(15)24-17(3)28-25(29-24)21-13-32-14-21)26(31)30-11-20(12-30)19-6-4-18(10-27)5-7-19;1-8-4-9(2)13(16(19)20)5-12(8)14-10(3)17-15(18-14)11-6-21-7-11;11-5-8-1-3-9(4-2-8)10-6-12-7-10;/h4-9,20-21H,11-14H2,1-3H3,(H,28,29);4-5,11H,6-7H2,1-3H3,(H,17,18)(H,19,20);1-4,10,12H,6-7H2;1H. The number of aryl methyl sites for hydroxylation is 6. The van der Waals surface area contributed by atoms with Gasteiger partial charge in [0.05, 0.1) is 78.5 Å². The van der Waals surface area contributed by atoms with Crippen LogP contribution >= 0.6 is 12.4 Å². The molecule has 4 fully saturated rings. The number of H-pyrrole nitrogens is 2. The van der Waals surface area contributed by atoms with E-state index in [0.29, 0.717) is 74.3 Å². The second kappa shape index (κ2) is 20.3. The number of aromatic nitrogens is 4. The molecular weight excluding hydrogens is 852 g/mol. The SMILES string of the molecule is Cc1cc(C)c(-c2nc(C3COC3)[nH]c2C)cc1C(=O)N1CC(c2ccc(C#N)cc2)C1.Cc1cc(C)c(-c2nc(C3COC3)[nH]c2C)cc1C(=O)O.Cl.N#Cc1ccc(C2CNC2)cc1. The molecule has 4 N–H and O–H groups in total. The Kier molecular flexibility index (Phi) is 14.5. The summed E-state index contributed by atoms with van der Waals surface area (Å²) >= 11 is 0. The highest BCUT2D eigenvalue weighted by atomic mass is 35.5. The van der Waals surface area contributed by atoms with E-state index in [4.69, 9.17) is 25.0 Å². The minimum absolute atomic E-state index is 0. The largest absolute Gasteiger partial charge is 0.478 e. The van der Waals surface area contributed by atoms with Gasteiger partial charge in [-0.3, -0.25) is 4.79 Å². The molecule has 0 bridgehead atoms. The second-order valence-electron chi connectivity index (χ2n) is 17.7. The molecule has 0 atom stereocenters. The van der Waals surface area contributed by atoms with Crippen LogP contribution in [-0.4, -0.2) is 94.4 Å². The van der Waals surface area contributed by atoms with Gasteiger partial charge in [-0.2, -0.15) is 10.5 Å². The van der Waals surface area contributed by atoms with Gasteiger partial charge in [-0.1, -0.05) is 36.4 Å². The monoisotopic (exact) mass is 906 g/mol. The van der Waals surface area contributed by atoms with Crippen molar-refractivity contribution in [3.8, 4) is 34.7 Å². The van der Waals surface area contributed by atoms with Crippen molar-refractivity contribution in [3.63, 3.8) is 0 Å². The third kappa shape index (κ3) is 9.96. The Morgan fingerprint density at radius 2 is 1.05 bits per heavy atom. The Labute approximate surface area is 391 Å². The summed E-state index contributed by atoms with van der Waals surface area (Å²) in [7, 11) is 0. The fourth-order valence-electron chi connectivity index (χ4n) is 8.55. The van der Waals surface area contributed by atoms with Crippen LogP contribution in [0.25, 0.3) is 22.5 Å². The average molecular weight is 908 g/mol. The molecule has 10 rings (SSSR count). The lowest BCUT2D eigenvalue weighted by Crippen LogP contribution is -2.48. The average Bonchev–Trinajstić information content (AvgIpc) is 3.77. The van der Waals surface area contributed by atoms with Gasteiger partial charge in [0.2, 0.25) is 0 Å².